The normalized spacial score (nSPS) is 24.1. The van der Waals surface area contributed by atoms with Crippen molar-refractivity contribution in [2.45, 2.75) is 32.2 Å². The number of hydrogen-bond donors (Lipinski definition) is 0. The van der Waals surface area contributed by atoms with Gasteiger partial charge in [0, 0.05) is 37.9 Å². The Morgan fingerprint density at radius 1 is 1.29 bits per heavy atom. The van der Waals surface area contributed by atoms with Crippen molar-refractivity contribution in [1.82, 2.24) is 9.88 Å². The first-order valence-electron chi connectivity index (χ1n) is 8.54. The number of nitrogens with zero attached hydrogens (tertiary/aromatic N) is 3. The minimum atomic E-state index is -2.94. The van der Waals surface area contributed by atoms with Crippen molar-refractivity contribution in [3.63, 3.8) is 0 Å². The van der Waals surface area contributed by atoms with Crippen molar-refractivity contribution in [2.24, 2.45) is 5.92 Å². The third-order valence-corrected chi connectivity index (χ3v) is 6.93. The van der Waals surface area contributed by atoms with Crippen molar-refractivity contribution in [3.8, 4) is 0 Å². The molecule has 7 heteroatoms. The SMILES string of the molecule is CC1CCN(C(=O)c2ccnc(N(C)C3CCS(=O)(=O)C3)c2)CC1. The third kappa shape index (κ3) is 3.71. The summed E-state index contributed by atoms with van der Waals surface area (Å²) in [5.41, 5.74) is 0.627. The maximum absolute atomic E-state index is 12.7. The molecule has 3 rings (SSSR count). The van der Waals surface area contributed by atoms with Gasteiger partial charge in [-0.2, -0.15) is 0 Å². The summed E-state index contributed by atoms with van der Waals surface area (Å²) in [6.45, 7) is 3.82. The number of carbonyl (C=O) groups is 1. The lowest BCUT2D eigenvalue weighted by molar-refractivity contribution is 0.0697. The van der Waals surface area contributed by atoms with Crippen LogP contribution in [-0.4, -0.2) is 61.9 Å². The van der Waals surface area contributed by atoms with Crippen LogP contribution in [0.1, 0.15) is 36.5 Å². The first-order chi connectivity index (χ1) is 11.4. The highest BCUT2D eigenvalue weighted by molar-refractivity contribution is 7.91. The van der Waals surface area contributed by atoms with E-state index in [1.54, 1.807) is 18.3 Å². The van der Waals surface area contributed by atoms with E-state index in [1.165, 1.54) is 0 Å². The molecule has 24 heavy (non-hydrogen) atoms. The van der Waals surface area contributed by atoms with E-state index in [0.29, 0.717) is 23.7 Å². The van der Waals surface area contributed by atoms with Gasteiger partial charge in [-0.3, -0.25) is 4.79 Å². The van der Waals surface area contributed by atoms with E-state index >= 15 is 0 Å². The fourth-order valence-corrected chi connectivity index (χ4v) is 5.18. The molecule has 0 aromatic carbocycles. The van der Waals surface area contributed by atoms with Crippen molar-refractivity contribution in [2.75, 3.05) is 36.5 Å². The van der Waals surface area contributed by atoms with Gasteiger partial charge in [-0.05, 0) is 37.3 Å². The minimum absolute atomic E-state index is 0.0398. The average Bonchev–Trinajstić information content (AvgIpc) is 2.94. The second-order valence-corrected chi connectivity index (χ2v) is 9.27. The Kier molecular flexibility index (Phi) is 4.80. The second-order valence-electron chi connectivity index (χ2n) is 7.05. The molecule has 2 fully saturated rings. The molecule has 0 spiro atoms. The fraction of sp³-hybridized carbons (Fsp3) is 0.647. The smallest absolute Gasteiger partial charge is 0.254 e. The fourth-order valence-electron chi connectivity index (χ4n) is 3.41. The molecule has 2 aliphatic rings. The second kappa shape index (κ2) is 6.70. The van der Waals surface area contributed by atoms with E-state index in [0.717, 1.165) is 25.9 Å². The zero-order chi connectivity index (χ0) is 17.3. The zero-order valence-corrected chi connectivity index (χ0v) is 15.1. The van der Waals surface area contributed by atoms with E-state index in [-0.39, 0.29) is 23.5 Å². The number of pyridine rings is 1. The van der Waals surface area contributed by atoms with Gasteiger partial charge in [0.2, 0.25) is 0 Å². The predicted octanol–water partition coefficient (Wildman–Crippen LogP) is 1.58. The lowest BCUT2D eigenvalue weighted by atomic mass is 9.99. The van der Waals surface area contributed by atoms with Gasteiger partial charge in [0.25, 0.3) is 5.91 Å². The highest BCUT2D eigenvalue weighted by Gasteiger charge is 2.31. The molecular weight excluding hydrogens is 326 g/mol. The molecule has 1 atom stereocenters. The Balaban J connectivity index is 1.73. The lowest BCUT2D eigenvalue weighted by Crippen LogP contribution is -2.38. The molecule has 6 nitrogen and oxygen atoms in total. The monoisotopic (exact) mass is 351 g/mol. The maximum Gasteiger partial charge on any atom is 0.254 e. The Morgan fingerprint density at radius 3 is 2.62 bits per heavy atom. The molecule has 1 aromatic heterocycles. The number of amides is 1. The van der Waals surface area contributed by atoms with Crippen LogP contribution >= 0.6 is 0 Å². The van der Waals surface area contributed by atoms with Gasteiger partial charge in [-0.15, -0.1) is 0 Å². The molecule has 0 aliphatic carbocycles. The molecule has 0 radical (unpaired) electrons. The van der Waals surface area contributed by atoms with E-state index in [4.69, 9.17) is 0 Å². The van der Waals surface area contributed by atoms with Crippen LogP contribution in [0.5, 0.6) is 0 Å². The topological polar surface area (TPSA) is 70.6 Å². The van der Waals surface area contributed by atoms with Crippen LogP contribution in [0.25, 0.3) is 0 Å². The average molecular weight is 351 g/mol. The number of hydrogen-bond acceptors (Lipinski definition) is 5. The van der Waals surface area contributed by atoms with E-state index in [2.05, 4.69) is 11.9 Å². The van der Waals surface area contributed by atoms with E-state index < -0.39 is 9.84 Å². The number of likely N-dealkylation sites (tertiary alicyclic amines) is 1. The zero-order valence-electron chi connectivity index (χ0n) is 14.3. The summed E-state index contributed by atoms with van der Waals surface area (Å²) >= 11 is 0. The van der Waals surface area contributed by atoms with Gasteiger partial charge in [-0.1, -0.05) is 6.92 Å². The Bertz CT molecular complexity index is 712. The third-order valence-electron chi connectivity index (χ3n) is 5.18. The Labute approximate surface area is 143 Å². The van der Waals surface area contributed by atoms with Crippen LogP contribution in [0.15, 0.2) is 18.3 Å². The van der Waals surface area contributed by atoms with Gasteiger partial charge in [0.15, 0.2) is 9.84 Å². The van der Waals surface area contributed by atoms with Crippen LogP contribution in [-0.2, 0) is 9.84 Å². The lowest BCUT2D eigenvalue weighted by Gasteiger charge is -2.30. The van der Waals surface area contributed by atoms with Crippen molar-refractivity contribution < 1.29 is 13.2 Å². The van der Waals surface area contributed by atoms with Gasteiger partial charge in [0.05, 0.1) is 11.5 Å². The molecule has 0 bridgehead atoms. The molecule has 132 valence electrons. The summed E-state index contributed by atoms with van der Waals surface area (Å²) in [6, 6.07) is 3.46. The molecule has 1 amide bonds. The van der Waals surface area contributed by atoms with Crippen LogP contribution < -0.4 is 4.90 Å². The molecule has 2 aliphatic heterocycles. The molecule has 1 unspecified atom stereocenters. The Morgan fingerprint density at radius 2 is 2.00 bits per heavy atom. The summed E-state index contributed by atoms with van der Waals surface area (Å²) in [6.07, 6.45) is 4.34. The number of aromatic nitrogens is 1. The molecule has 3 heterocycles. The largest absolute Gasteiger partial charge is 0.356 e. The maximum atomic E-state index is 12.7. The first kappa shape index (κ1) is 17.2. The van der Waals surface area contributed by atoms with Crippen LogP contribution in [0.4, 0.5) is 5.82 Å². The van der Waals surface area contributed by atoms with Crippen molar-refractivity contribution in [1.29, 1.82) is 0 Å². The summed E-state index contributed by atoms with van der Waals surface area (Å²) < 4.78 is 23.4. The van der Waals surface area contributed by atoms with Gasteiger partial charge >= 0.3 is 0 Å². The van der Waals surface area contributed by atoms with Crippen molar-refractivity contribution in [3.05, 3.63) is 23.9 Å². The van der Waals surface area contributed by atoms with Gasteiger partial charge in [0.1, 0.15) is 5.82 Å². The quantitative estimate of drug-likeness (QED) is 0.827. The standard InChI is InChI=1S/C17H25N3O3S/c1-13-4-8-20(9-5-13)17(21)14-3-7-18-16(11-14)19(2)15-6-10-24(22,23)12-15/h3,7,11,13,15H,4-6,8-10,12H2,1-2H3. The van der Waals surface area contributed by atoms with Crippen LogP contribution in [0.2, 0.25) is 0 Å². The van der Waals surface area contributed by atoms with Crippen LogP contribution in [0, 0.1) is 5.92 Å². The number of sulfone groups is 1. The Hall–Kier alpha value is -1.63. The number of rotatable bonds is 3. The van der Waals surface area contributed by atoms with Gasteiger partial charge in [-0.25, -0.2) is 13.4 Å². The number of piperidine rings is 1. The summed E-state index contributed by atoms with van der Waals surface area (Å²) in [7, 11) is -1.09. The van der Waals surface area contributed by atoms with Crippen LogP contribution in [0.3, 0.4) is 0 Å². The summed E-state index contributed by atoms with van der Waals surface area (Å²) in [4.78, 5) is 20.8. The molecule has 2 saturated heterocycles. The highest BCUT2D eigenvalue weighted by Crippen LogP contribution is 2.23. The first-order valence-corrected chi connectivity index (χ1v) is 10.4. The summed E-state index contributed by atoms with van der Waals surface area (Å²) in [5.74, 6) is 1.77. The molecular formula is C17H25N3O3S. The van der Waals surface area contributed by atoms with Crippen molar-refractivity contribution >= 4 is 21.6 Å². The summed E-state index contributed by atoms with van der Waals surface area (Å²) in [5, 5.41) is 0. The molecule has 0 N–H and O–H groups in total. The van der Waals surface area contributed by atoms with Gasteiger partial charge < -0.3 is 9.80 Å². The number of carbonyl (C=O) groups excluding carboxylic acids is 1. The minimum Gasteiger partial charge on any atom is -0.356 e. The van der Waals surface area contributed by atoms with E-state index in [9.17, 15) is 13.2 Å². The predicted molar refractivity (Wildman–Crippen MR) is 94.0 cm³/mol. The molecule has 1 aromatic rings. The number of anilines is 1. The molecule has 0 saturated carbocycles. The highest BCUT2D eigenvalue weighted by atomic mass is 32.2. The van der Waals surface area contributed by atoms with E-state index in [1.807, 2.05) is 16.8 Å².